The van der Waals surface area contributed by atoms with Crippen LogP contribution in [0.4, 0.5) is 0 Å². The molecule has 0 aromatic carbocycles. The summed E-state index contributed by atoms with van der Waals surface area (Å²) in [5.41, 5.74) is 3.04. The number of aliphatic hydroxyl groups excluding tert-OH is 1. The highest BCUT2D eigenvalue weighted by Gasteiger charge is 2.05. The predicted octanol–water partition coefficient (Wildman–Crippen LogP) is 2.01. The van der Waals surface area contributed by atoms with Crippen LogP contribution in [0, 0.1) is 6.92 Å². The van der Waals surface area contributed by atoms with Crippen molar-refractivity contribution >= 4 is 0 Å². The van der Waals surface area contributed by atoms with Gasteiger partial charge in [0.2, 0.25) is 0 Å². The van der Waals surface area contributed by atoms with Gasteiger partial charge in [0.25, 0.3) is 0 Å². The fourth-order valence-electron chi connectivity index (χ4n) is 1.26. The Morgan fingerprint density at radius 2 is 2.08 bits per heavy atom. The summed E-state index contributed by atoms with van der Waals surface area (Å²) in [6.07, 6.45) is 0. The minimum absolute atomic E-state index is 0.0278. The van der Waals surface area contributed by atoms with E-state index in [0.717, 1.165) is 11.4 Å². The van der Waals surface area contributed by atoms with Crippen LogP contribution in [-0.4, -0.2) is 10.1 Å². The van der Waals surface area contributed by atoms with Gasteiger partial charge in [0, 0.05) is 5.69 Å². The highest BCUT2D eigenvalue weighted by atomic mass is 16.3. The molecule has 1 aromatic heterocycles. The Balaban J connectivity index is 3.08. The average Bonchev–Trinajstić information content (AvgIpc) is 2.05. The molecule has 0 atom stereocenters. The average molecular weight is 165 g/mol. The summed E-state index contributed by atoms with van der Waals surface area (Å²) in [6, 6.07) is 3.87. The largest absolute Gasteiger partial charge is 0.390 e. The Morgan fingerprint density at radius 1 is 1.42 bits per heavy atom. The van der Waals surface area contributed by atoms with Crippen molar-refractivity contribution in [1.29, 1.82) is 0 Å². The minimum Gasteiger partial charge on any atom is -0.390 e. The maximum Gasteiger partial charge on any atom is 0.0853 e. The fraction of sp³-hybridized carbons (Fsp3) is 0.500. The van der Waals surface area contributed by atoms with Gasteiger partial charge in [-0.3, -0.25) is 4.98 Å². The number of hydrogen-bond donors (Lipinski definition) is 1. The first-order chi connectivity index (χ1) is 5.65. The molecule has 0 saturated carbocycles. The van der Waals surface area contributed by atoms with Crippen molar-refractivity contribution in [3.8, 4) is 0 Å². The van der Waals surface area contributed by atoms with Crippen LogP contribution in [0.5, 0.6) is 0 Å². The van der Waals surface area contributed by atoms with Crippen LogP contribution >= 0.6 is 0 Å². The van der Waals surface area contributed by atoms with Gasteiger partial charge in [0.1, 0.15) is 0 Å². The summed E-state index contributed by atoms with van der Waals surface area (Å²) >= 11 is 0. The van der Waals surface area contributed by atoms with E-state index in [2.05, 4.69) is 18.8 Å². The number of pyridine rings is 1. The number of rotatable bonds is 2. The van der Waals surface area contributed by atoms with E-state index in [4.69, 9.17) is 5.11 Å². The lowest BCUT2D eigenvalue weighted by Gasteiger charge is -2.09. The van der Waals surface area contributed by atoms with Crippen molar-refractivity contribution in [2.45, 2.75) is 33.3 Å². The first-order valence-electron chi connectivity index (χ1n) is 4.22. The molecule has 0 aliphatic carbocycles. The molecule has 0 fully saturated rings. The van der Waals surface area contributed by atoms with Crippen LogP contribution in [0.2, 0.25) is 0 Å². The maximum absolute atomic E-state index is 8.87. The zero-order valence-electron chi connectivity index (χ0n) is 7.83. The summed E-state index contributed by atoms with van der Waals surface area (Å²) in [6.45, 7) is 6.29. The highest BCUT2D eigenvalue weighted by molar-refractivity contribution is 5.23. The second-order valence-electron chi connectivity index (χ2n) is 3.32. The third-order valence-electron chi connectivity index (χ3n) is 1.90. The van der Waals surface area contributed by atoms with Gasteiger partial charge in [-0.15, -0.1) is 0 Å². The van der Waals surface area contributed by atoms with E-state index >= 15 is 0 Å². The van der Waals surface area contributed by atoms with Crippen molar-refractivity contribution in [2.24, 2.45) is 0 Å². The van der Waals surface area contributed by atoms with Gasteiger partial charge < -0.3 is 5.11 Å². The van der Waals surface area contributed by atoms with Gasteiger partial charge in [-0.05, 0) is 24.5 Å². The summed E-state index contributed by atoms with van der Waals surface area (Å²) < 4.78 is 0. The number of aryl methyl sites for hydroxylation is 1. The molecule has 1 rings (SSSR count). The van der Waals surface area contributed by atoms with E-state index in [9.17, 15) is 0 Å². The molecule has 1 N–H and O–H groups in total. The first kappa shape index (κ1) is 9.20. The molecular formula is C10H15NO. The van der Waals surface area contributed by atoms with Gasteiger partial charge in [0.05, 0.1) is 12.3 Å². The normalized spacial score (nSPS) is 10.8. The summed E-state index contributed by atoms with van der Waals surface area (Å²) in [5.74, 6) is 0.427. The molecule has 0 saturated heterocycles. The van der Waals surface area contributed by atoms with Crippen molar-refractivity contribution < 1.29 is 5.11 Å². The topological polar surface area (TPSA) is 33.1 Å². The number of hydrogen-bond acceptors (Lipinski definition) is 2. The number of aliphatic hydroxyl groups is 1. The molecule has 1 aromatic rings. The summed E-state index contributed by atoms with van der Waals surface area (Å²) in [4.78, 5) is 4.34. The van der Waals surface area contributed by atoms with E-state index in [-0.39, 0.29) is 6.61 Å². The second kappa shape index (κ2) is 3.68. The number of nitrogens with zero attached hydrogens (tertiary/aromatic N) is 1. The van der Waals surface area contributed by atoms with Crippen LogP contribution in [0.1, 0.15) is 36.7 Å². The fourth-order valence-corrected chi connectivity index (χ4v) is 1.26. The Hall–Kier alpha value is -0.890. The Bertz CT molecular complexity index is 269. The molecule has 2 heteroatoms. The lowest BCUT2D eigenvalue weighted by molar-refractivity contribution is 0.276. The van der Waals surface area contributed by atoms with Gasteiger partial charge in [-0.2, -0.15) is 0 Å². The second-order valence-corrected chi connectivity index (χ2v) is 3.32. The Morgan fingerprint density at radius 3 is 2.58 bits per heavy atom. The zero-order valence-corrected chi connectivity index (χ0v) is 7.83. The Labute approximate surface area is 73.3 Å². The van der Waals surface area contributed by atoms with Gasteiger partial charge in [0.15, 0.2) is 0 Å². The molecule has 0 aliphatic heterocycles. The van der Waals surface area contributed by atoms with Gasteiger partial charge in [-0.1, -0.05) is 19.9 Å². The van der Waals surface area contributed by atoms with E-state index in [1.807, 2.05) is 19.1 Å². The Kier molecular flexibility index (Phi) is 2.82. The van der Waals surface area contributed by atoms with Gasteiger partial charge in [-0.25, -0.2) is 0 Å². The van der Waals surface area contributed by atoms with Crippen molar-refractivity contribution in [1.82, 2.24) is 4.98 Å². The molecule has 0 unspecified atom stereocenters. The van der Waals surface area contributed by atoms with Crippen molar-refractivity contribution in [2.75, 3.05) is 0 Å². The lowest BCUT2D eigenvalue weighted by atomic mass is 10.0. The summed E-state index contributed by atoms with van der Waals surface area (Å²) in [5, 5.41) is 8.87. The molecule has 0 bridgehead atoms. The smallest absolute Gasteiger partial charge is 0.0853 e. The minimum atomic E-state index is 0.0278. The van der Waals surface area contributed by atoms with E-state index in [1.54, 1.807) is 0 Å². The molecular weight excluding hydrogens is 150 g/mol. The molecule has 0 spiro atoms. The highest BCUT2D eigenvalue weighted by Crippen LogP contribution is 2.16. The summed E-state index contributed by atoms with van der Waals surface area (Å²) in [7, 11) is 0. The van der Waals surface area contributed by atoms with Crippen LogP contribution < -0.4 is 0 Å². The molecule has 2 nitrogen and oxygen atoms in total. The lowest BCUT2D eigenvalue weighted by Crippen LogP contribution is -2.00. The third-order valence-corrected chi connectivity index (χ3v) is 1.90. The standard InChI is InChI=1S/C10H15NO/c1-7(2)10-8(3)4-5-9(6-12)11-10/h4-5,7,12H,6H2,1-3H3. The first-order valence-corrected chi connectivity index (χ1v) is 4.22. The number of aromatic nitrogens is 1. The van der Waals surface area contributed by atoms with E-state index in [1.165, 1.54) is 5.56 Å². The van der Waals surface area contributed by atoms with Crippen molar-refractivity contribution in [3.05, 3.63) is 29.1 Å². The van der Waals surface area contributed by atoms with Crippen molar-refractivity contribution in [3.63, 3.8) is 0 Å². The van der Waals surface area contributed by atoms with Gasteiger partial charge >= 0.3 is 0 Å². The third kappa shape index (κ3) is 1.83. The maximum atomic E-state index is 8.87. The van der Waals surface area contributed by atoms with E-state index < -0.39 is 0 Å². The molecule has 1 heterocycles. The van der Waals surface area contributed by atoms with E-state index in [0.29, 0.717) is 5.92 Å². The molecule has 0 aliphatic rings. The molecule has 0 amide bonds. The molecule has 66 valence electrons. The zero-order chi connectivity index (χ0) is 9.14. The van der Waals surface area contributed by atoms with Crippen LogP contribution in [0.3, 0.4) is 0 Å². The predicted molar refractivity (Wildman–Crippen MR) is 49.0 cm³/mol. The molecule has 12 heavy (non-hydrogen) atoms. The van der Waals surface area contributed by atoms with Crippen LogP contribution in [0.15, 0.2) is 12.1 Å². The molecule has 0 radical (unpaired) electrons. The van der Waals surface area contributed by atoms with Crippen LogP contribution in [0.25, 0.3) is 0 Å². The quantitative estimate of drug-likeness (QED) is 0.727. The SMILES string of the molecule is Cc1ccc(CO)nc1C(C)C. The monoisotopic (exact) mass is 165 g/mol. The van der Waals surface area contributed by atoms with Crippen LogP contribution in [-0.2, 0) is 6.61 Å².